The molecule has 0 saturated carbocycles. The summed E-state index contributed by atoms with van der Waals surface area (Å²) in [7, 11) is 1.65. The van der Waals surface area contributed by atoms with Crippen LogP contribution in [0.1, 0.15) is 5.69 Å². The maximum atomic E-state index is 11.3. The Kier molecular flexibility index (Phi) is 4.79. The molecule has 0 radical (unpaired) electrons. The predicted molar refractivity (Wildman–Crippen MR) is 102 cm³/mol. The van der Waals surface area contributed by atoms with E-state index in [0.29, 0.717) is 19.6 Å². The molecule has 3 heterocycles. The SMILES string of the molecule is COc1ccc(-c2nc3ccccn3c2CN2CCN[C@H](C(=O)O)C2)cc1. The Morgan fingerprint density at radius 3 is 2.85 bits per heavy atom. The molecule has 1 atom stereocenters. The molecule has 4 rings (SSSR count). The van der Waals surface area contributed by atoms with Crippen molar-refractivity contribution in [3.05, 3.63) is 54.4 Å². The van der Waals surface area contributed by atoms with E-state index in [-0.39, 0.29) is 0 Å². The molecule has 0 amide bonds. The molecular formula is C20H22N4O3. The lowest BCUT2D eigenvalue weighted by molar-refractivity contribution is -0.140. The summed E-state index contributed by atoms with van der Waals surface area (Å²) in [4.78, 5) is 18.3. The van der Waals surface area contributed by atoms with Gasteiger partial charge >= 0.3 is 5.97 Å². The normalized spacial score (nSPS) is 17.9. The minimum absolute atomic E-state index is 0.470. The quantitative estimate of drug-likeness (QED) is 0.718. The summed E-state index contributed by atoms with van der Waals surface area (Å²) in [5.74, 6) is -0.0105. The molecule has 27 heavy (non-hydrogen) atoms. The van der Waals surface area contributed by atoms with Crippen LogP contribution in [0.2, 0.25) is 0 Å². The van der Waals surface area contributed by atoms with Crippen LogP contribution in [0.5, 0.6) is 5.75 Å². The van der Waals surface area contributed by atoms with Crippen LogP contribution in [-0.2, 0) is 11.3 Å². The number of aliphatic carboxylic acids is 1. The molecule has 1 aliphatic heterocycles. The first kappa shape index (κ1) is 17.5. The van der Waals surface area contributed by atoms with Gasteiger partial charge in [-0.15, -0.1) is 0 Å². The second-order valence-electron chi connectivity index (χ2n) is 6.64. The van der Waals surface area contributed by atoms with E-state index < -0.39 is 12.0 Å². The Labute approximate surface area is 157 Å². The van der Waals surface area contributed by atoms with Crippen LogP contribution in [0.15, 0.2) is 48.7 Å². The van der Waals surface area contributed by atoms with Crippen molar-refractivity contribution in [1.82, 2.24) is 19.6 Å². The molecule has 1 aromatic carbocycles. The van der Waals surface area contributed by atoms with Gasteiger partial charge in [0.25, 0.3) is 0 Å². The highest BCUT2D eigenvalue weighted by molar-refractivity contribution is 5.74. The number of pyridine rings is 1. The zero-order valence-corrected chi connectivity index (χ0v) is 15.1. The molecule has 1 aliphatic rings. The number of aromatic nitrogens is 2. The number of carboxylic acid groups (broad SMARTS) is 1. The second-order valence-corrected chi connectivity index (χ2v) is 6.64. The number of benzene rings is 1. The summed E-state index contributed by atoms with van der Waals surface area (Å²) in [6, 6.07) is 13.2. The maximum Gasteiger partial charge on any atom is 0.322 e. The van der Waals surface area contributed by atoms with E-state index in [2.05, 4.69) is 14.6 Å². The molecule has 7 nitrogen and oxygen atoms in total. The third kappa shape index (κ3) is 3.51. The first-order valence-electron chi connectivity index (χ1n) is 8.94. The number of piperazine rings is 1. The van der Waals surface area contributed by atoms with Crippen molar-refractivity contribution in [3.63, 3.8) is 0 Å². The molecule has 0 aliphatic carbocycles. The van der Waals surface area contributed by atoms with Gasteiger partial charge in [0.2, 0.25) is 0 Å². The fraction of sp³-hybridized carbons (Fsp3) is 0.300. The summed E-state index contributed by atoms with van der Waals surface area (Å²) in [5.41, 5.74) is 3.86. The van der Waals surface area contributed by atoms with E-state index in [4.69, 9.17) is 9.72 Å². The molecule has 0 unspecified atom stereocenters. The Balaban J connectivity index is 1.71. The van der Waals surface area contributed by atoms with Crippen molar-refractivity contribution in [1.29, 1.82) is 0 Å². The number of rotatable bonds is 5. The third-order valence-corrected chi connectivity index (χ3v) is 4.92. The number of hydrogen-bond acceptors (Lipinski definition) is 5. The van der Waals surface area contributed by atoms with Crippen LogP contribution in [0, 0.1) is 0 Å². The highest BCUT2D eigenvalue weighted by atomic mass is 16.5. The highest BCUT2D eigenvalue weighted by Crippen LogP contribution is 2.27. The van der Waals surface area contributed by atoms with Crippen LogP contribution >= 0.6 is 0 Å². The Morgan fingerprint density at radius 1 is 1.30 bits per heavy atom. The van der Waals surface area contributed by atoms with Crippen molar-refractivity contribution in [2.75, 3.05) is 26.7 Å². The lowest BCUT2D eigenvalue weighted by Crippen LogP contribution is -2.53. The van der Waals surface area contributed by atoms with Gasteiger partial charge in [-0.05, 0) is 36.4 Å². The lowest BCUT2D eigenvalue weighted by atomic mass is 10.1. The number of carbonyl (C=O) groups is 1. The second kappa shape index (κ2) is 7.38. The van der Waals surface area contributed by atoms with Gasteiger partial charge in [0.15, 0.2) is 0 Å². The molecule has 1 fully saturated rings. The number of imidazole rings is 1. The lowest BCUT2D eigenvalue weighted by Gasteiger charge is -2.31. The molecule has 140 valence electrons. The average Bonchev–Trinajstić information content (AvgIpc) is 3.07. The van der Waals surface area contributed by atoms with Gasteiger partial charge in [-0.1, -0.05) is 6.07 Å². The van der Waals surface area contributed by atoms with Crippen LogP contribution in [0.25, 0.3) is 16.9 Å². The largest absolute Gasteiger partial charge is 0.497 e. The van der Waals surface area contributed by atoms with Crippen molar-refractivity contribution in [2.24, 2.45) is 0 Å². The summed E-state index contributed by atoms with van der Waals surface area (Å²) >= 11 is 0. The Bertz CT molecular complexity index is 952. The third-order valence-electron chi connectivity index (χ3n) is 4.92. The highest BCUT2D eigenvalue weighted by Gasteiger charge is 2.26. The molecule has 2 aromatic heterocycles. The monoisotopic (exact) mass is 366 g/mol. The number of nitrogens with one attached hydrogen (secondary N) is 1. The van der Waals surface area contributed by atoms with E-state index in [1.54, 1.807) is 7.11 Å². The van der Waals surface area contributed by atoms with Gasteiger partial charge in [-0.25, -0.2) is 4.98 Å². The van der Waals surface area contributed by atoms with Crippen LogP contribution in [0.4, 0.5) is 0 Å². The summed E-state index contributed by atoms with van der Waals surface area (Å²) in [5, 5.41) is 12.4. The van der Waals surface area contributed by atoms with Gasteiger partial charge in [0.05, 0.1) is 18.5 Å². The topological polar surface area (TPSA) is 79.1 Å². The molecule has 7 heteroatoms. The van der Waals surface area contributed by atoms with Crippen LogP contribution in [-0.4, -0.2) is 58.1 Å². The zero-order valence-electron chi connectivity index (χ0n) is 15.1. The molecule has 3 aromatic rings. The molecule has 0 bridgehead atoms. The van der Waals surface area contributed by atoms with E-state index in [9.17, 15) is 9.90 Å². The maximum absolute atomic E-state index is 11.3. The fourth-order valence-electron chi connectivity index (χ4n) is 3.51. The molecular weight excluding hydrogens is 344 g/mol. The number of hydrogen-bond donors (Lipinski definition) is 2. The van der Waals surface area contributed by atoms with Gasteiger partial charge in [0.1, 0.15) is 17.4 Å². The van der Waals surface area contributed by atoms with E-state index in [1.165, 1.54) is 0 Å². The fourth-order valence-corrected chi connectivity index (χ4v) is 3.51. The summed E-state index contributed by atoms with van der Waals surface area (Å²) in [6.45, 7) is 2.56. The number of methoxy groups -OCH3 is 1. The average molecular weight is 366 g/mol. The van der Waals surface area contributed by atoms with Crippen LogP contribution < -0.4 is 10.1 Å². The smallest absolute Gasteiger partial charge is 0.322 e. The Morgan fingerprint density at radius 2 is 2.11 bits per heavy atom. The number of nitrogens with zero attached hydrogens (tertiary/aromatic N) is 3. The van der Waals surface area contributed by atoms with Crippen molar-refractivity contribution >= 4 is 11.6 Å². The number of fused-ring (bicyclic) bond motifs is 1. The van der Waals surface area contributed by atoms with Crippen LogP contribution in [0.3, 0.4) is 0 Å². The standard InChI is InChI=1S/C20H22N4O3/c1-27-15-7-5-14(6-8-15)19-17(24-10-3-2-4-18(24)22-19)13-23-11-9-21-16(12-23)20(25)26/h2-8,10,16,21H,9,11-13H2,1H3,(H,25,26)/t16-/m0/s1. The van der Waals surface area contributed by atoms with E-state index in [0.717, 1.165) is 34.9 Å². The molecule has 1 saturated heterocycles. The summed E-state index contributed by atoms with van der Waals surface area (Å²) in [6.07, 6.45) is 2.00. The first-order chi connectivity index (χ1) is 13.2. The van der Waals surface area contributed by atoms with E-state index in [1.807, 2.05) is 48.7 Å². The van der Waals surface area contributed by atoms with Crippen molar-refractivity contribution < 1.29 is 14.6 Å². The minimum Gasteiger partial charge on any atom is -0.497 e. The first-order valence-corrected chi connectivity index (χ1v) is 8.94. The zero-order chi connectivity index (χ0) is 18.8. The predicted octanol–water partition coefficient (Wildman–Crippen LogP) is 1.87. The summed E-state index contributed by atoms with van der Waals surface area (Å²) < 4.78 is 7.33. The van der Waals surface area contributed by atoms with Gasteiger partial charge in [0, 0.05) is 37.9 Å². The number of ether oxygens (including phenoxy) is 1. The molecule has 2 N–H and O–H groups in total. The van der Waals surface area contributed by atoms with Crippen molar-refractivity contribution in [2.45, 2.75) is 12.6 Å². The minimum atomic E-state index is -0.812. The van der Waals surface area contributed by atoms with Crippen molar-refractivity contribution in [3.8, 4) is 17.0 Å². The van der Waals surface area contributed by atoms with Gasteiger partial charge < -0.3 is 19.6 Å². The van der Waals surface area contributed by atoms with Gasteiger partial charge in [-0.3, -0.25) is 9.69 Å². The molecule has 0 spiro atoms. The van der Waals surface area contributed by atoms with Gasteiger partial charge in [-0.2, -0.15) is 0 Å². The van der Waals surface area contributed by atoms with E-state index >= 15 is 0 Å². The Hall–Kier alpha value is -2.90. The number of carboxylic acids is 1.